The molecule has 0 aromatic rings. The molecule has 1 saturated carbocycles. The molecule has 0 radical (unpaired) electrons. The SMILES string of the molecule is CCCN1CCCC(N2CCC(NCC3CC3)CC2)CC1. The van der Waals surface area contributed by atoms with Crippen molar-refractivity contribution in [3.05, 3.63) is 0 Å². The van der Waals surface area contributed by atoms with Crippen LogP contribution in [0.1, 0.15) is 58.3 Å². The van der Waals surface area contributed by atoms with E-state index >= 15 is 0 Å². The van der Waals surface area contributed by atoms with Crippen LogP contribution < -0.4 is 5.32 Å². The van der Waals surface area contributed by atoms with E-state index in [1.54, 1.807) is 0 Å². The molecule has 0 bridgehead atoms. The molecule has 3 rings (SSSR count). The summed E-state index contributed by atoms with van der Waals surface area (Å²) >= 11 is 0. The van der Waals surface area contributed by atoms with E-state index in [-0.39, 0.29) is 0 Å². The quantitative estimate of drug-likeness (QED) is 0.812. The van der Waals surface area contributed by atoms with Crippen LogP contribution in [0, 0.1) is 5.92 Å². The van der Waals surface area contributed by atoms with E-state index in [1.807, 2.05) is 0 Å². The van der Waals surface area contributed by atoms with Crippen molar-refractivity contribution in [2.75, 3.05) is 39.3 Å². The van der Waals surface area contributed by atoms with E-state index in [2.05, 4.69) is 22.0 Å². The molecule has 1 atom stereocenters. The Labute approximate surface area is 131 Å². The smallest absolute Gasteiger partial charge is 0.0108 e. The number of likely N-dealkylation sites (tertiary alicyclic amines) is 2. The van der Waals surface area contributed by atoms with Gasteiger partial charge in [0.1, 0.15) is 0 Å². The van der Waals surface area contributed by atoms with Crippen LogP contribution in [0.3, 0.4) is 0 Å². The van der Waals surface area contributed by atoms with Gasteiger partial charge in [0, 0.05) is 12.1 Å². The topological polar surface area (TPSA) is 18.5 Å². The maximum atomic E-state index is 3.81. The second-order valence-corrected chi connectivity index (χ2v) is 7.59. The van der Waals surface area contributed by atoms with Crippen LogP contribution in [0.15, 0.2) is 0 Å². The highest BCUT2D eigenvalue weighted by Gasteiger charge is 2.28. The van der Waals surface area contributed by atoms with Crippen LogP contribution in [0.4, 0.5) is 0 Å². The molecule has 2 heterocycles. The maximum absolute atomic E-state index is 3.81. The molecule has 0 aromatic carbocycles. The predicted molar refractivity (Wildman–Crippen MR) is 89.7 cm³/mol. The molecular weight excluding hydrogens is 258 g/mol. The fraction of sp³-hybridized carbons (Fsp3) is 1.00. The van der Waals surface area contributed by atoms with Crippen molar-refractivity contribution in [3.8, 4) is 0 Å². The molecule has 2 saturated heterocycles. The van der Waals surface area contributed by atoms with Crippen molar-refractivity contribution >= 4 is 0 Å². The minimum atomic E-state index is 0.809. The number of nitrogens with zero attached hydrogens (tertiary/aromatic N) is 2. The van der Waals surface area contributed by atoms with E-state index in [0.29, 0.717) is 0 Å². The monoisotopic (exact) mass is 293 g/mol. The lowest BCUT2D eigenvalue weighted by Crippen LogP contribution is -2.47. The first kappa shape index (κ1) is 15.8. The van der Waals surface area contributed by atoms with Crippen LogP contribution >= 0.6 is 0 Å². The van der Waals surface area contributed by atoms with Gasteiger partial charge in [0.15, 0.2) is 0 Å². The molecule has 122 valence electrons. The zero-order chi connectivity index (χ0) is 14.5. The number of nitrogens with one attached hydrogen (secondary N) is 1. The predicted octanol–water partition coefficient (Wildman–Crippen LogP) is 2.71. The lowest BCUT2D eigenvalue weighted by Gasteiger charge is -2.37. The third kappa shape index (κ3) is 4.94. The molecule has 1 aliphatic carbocycles. The maximum Gasteiger partial charge on any atom is 0.0108 e. The highest BCUT2D eigenvalue weighted by Crippen LogP contribution is 2.28. The first-order valence-electron chi connectivity index (χ1n) is 9.55. The Bertz CT molecular complexity index is 295. The van der Waals surface area contributed by atoms with Crippen molar-refractivity contribution in [1.82, 2.24) is 15.1 Å². The molecule has 1 N–H and O–H groups in total. The molecule has 0 spiro atoms. The van der Waals surface area contributed by atoms with Crippen LogP contribution in [0.25, 0.3) is 0 Å². The summed E-state index contributed by atoms with van der Waals surface area (Å²) in [6.45, 7) is 10.2. The Morgan fingerprint density at radius 3 is 2.43 bits per heavy atom. The van der Waals surface area contributed by atoms with Gasteiger partial charge in [-0.1, -0.05) is 6.92 Å². The van der Waals surface area contributed by atoms with Crippen molar-refractivity contribution < 1.29 is 0 Å². The van der Waals surface area contributed by atoms with Gasteiger partial charge in [-0.25, -0.2) is 0 Å². The Hall–Kier alpha value is -0.120. The lowest BCUT2D eigenvalue weighted by molar-refractivity contribution is 0.130. The standard InChI is InChI=1S/C18H35N3/c1-2-10-20-11-3-4-18(9-12-20)21-13-7-17(8-14-21)19-15-16-5-6-16/h16-19H,2-15H2,1H3. The molecule has 0 aromatic heterocycles. The summed E-state index contributed by atoms with van der Waals surface area (Å²) in [5.74, 6) is 1.02. The highest BCUT2D eigenvalue weighted by atomic mass is 15.2. The molecule has 3 aliphatic rings. The molecule has 3 heteroatoms. The van der Waals surface area contributed by atoms with Crippen molar-refractivity contribution in [1.29, 1.82) is 0 Å². The molecule has 1 unspecified atom stereocenters. The van der Waals surface area contributed by atoms with E-state index in [1.165, 1.54) is 90.6 Å². The molecule has 2 aliphatic heterocycles. The van der Waals surface area contributed by atoms with Crippen LogP contribution in [0.5, 0.6) is 0 Å². The van der Waals surface area contributed by atoms with Gasteiger partial charge in [-0.05, 0) is 96.6 Å². The van der Waals surface area contributed by atoms with E-state index in [0.717, 1.165) is 18.0 Å². The van der Waals surface area contributed by atoms with Crippen molar-refractivity contribution in [3.63, 3.8) is 0 Å². The van der Waals surface area contributed by atoms with Gasteiger partial charge in [-0.15, -0.1) is 0 Å². The first-order valence-corrected chi connectivity index (χ1v) is 9.55. The van der Waals surface area contributed by atoms with Gasteiger partial charge < -0.3 is 15.1 Å². The van der Waals surface area contributed by atoms with Crippen LogP contribution in [-0.4, -0.2) is 61.2 Å². The van der Waals surface area contributed by atoms with Crippen LogP contribution in [-0.2, 0) is 0 Å². The fourth-order valence-corrected chi connectivity index (χ4v) is 4.17. The van der Waals surface area contributed by atoms with Gasteiger partial charge in [0.05, 0.1) is 0 Å². The van der Waals surface area contributed by atoms with E-state index < -0.39 is 0 Å². The number of piperidine rings is 1. The van der Waals surface area contributed by atoms with E-state index in [9.17, 15) is 0 Å². The minimum Gasteiger partial charge on any atom is -0.314 e. The Morgan fingerprint density at radius 1 is 0.905 bits per heavy atom. The minimum absolute atomic E-state index is 0.809. The van der Waals surface area contributed by atoms with Gasteiger partial charge in [-0.3, -0.25) is 0 Å². The summed E-state index contributed by atoms with van der Waals surface area (Å²) in [4.78, 5) is 5.49. The average molecular weight is 293 g/mol. The average Bonchev–Trinajstić information content (AvgIpc) is 3.34. The zero-order valence-corrected chi connectivity index (χ0v) is 14.0. The summed E-state index contributed by atoms with van der Waals surface area (Å²) in [6.07, 6.45) is 11.3. The first-order chi connectivity index (χ1) is 10.3. The largest absolute Gasteiger partial charge is 0.314 e. The normalized spacial score (nSPS) is 30.4. The van der Waals surface area contributed by atoms with Crippen molar-refractivity contribution in [2.24, 2.45) is 5.92 Å². The third-order valence-electron chi connectivity index (χ3n) is 5.77. The Balaban J connectivity index is 1.37. The van der Waals surface area contributed by atoms with Crippen LogP contribution in [0.2, 0.25) is 0 Å². The number of rotatable bonds is 6. The van der Waals surface area contributed by atoms with E-state index in [4.69, 9.17) is 0 Å². The Kier molecular flexibility index (Phi) is 5.96. The van der Waals surface area contributed by atoms with Crippen molar-refractivity contribution in [2.45, 2.75) is 70.4 Å². The second kappa shape index (κ2) is 7.94. The molecule has 0 amide bonds. The van der Waals surface area contributed by atoms with Gasteiger partial charge in [-0.2, -0.15) is 0 Å². The third-order valence-corrected chi connectivity index (χ3v) is 5.77. The van der Waals surface area contributed by atoms with Gasteiger partial charge in [0.25, 0.3) is 0 Å². The molecule has 21 heavy (non-hydrogen) atoms. The molecular formula is C18H35N3. The highest BCUT2D eigenvalue weighted by molar-refractivity contribution is 4.85. The zero-order valence-electron chi connectivity index (χ0n) is 14.0. The molecule has 3 fully saturated rings. The Morgan fingerprint density at radius 2 is 1.71 bits per heavy atom. The number of hydrogen-bond donors (Lipinski definition) is 1. The van der Waals surface area contributed by atoms with Gasteiger partial charge >= 0.3 is 0 Å². The summed E-state index contributed by atoms with van der Waals surface area (Å²) in [6, 6.07) is 1.68. The summed E-state index contributed by atoms with van der Waals surface area (Å²) in [5.41, 5.74) is 0. The lowest BCUT2D eigenvalue weighted by atomic mass is 10.00. The molecule has 3 nitrogen and oxygen atoms in total. The fourth-order valence-electron chi connectivity index (χ4n) is 4.17. The number of hydrogen-bond acceptors (Lipinski definition) is 3. The second-order valence-electron chi connectivity index (χ2n) is 7.59. The summed E-state index contributed by atoms with van der Waals surface area (Å²) in [7, 11) is 0. The summed E-state index contributed by atoms with van der Waals surface area (Å²) < 4.78 is 0. The summed E-state index contributed by atoms with van der Waals surface area (Å²) in [5, 5.41) is 3.81. The van der Waals surface area contributed by atoms with Gasteiger partial charge in [0.2, 0.25) is 0 Å².